The highest BCUT2D eigenvalue weighted by Crippen LogP contribution is 2.45. The third kappa shape index (κ3) is 3.22. The second-order valence-corrected chi connectivity index (χ2v) is 8.98. The summed E-state index contributed by atoms with van der Waals surface area (Å²) in [4.78, 5) is 0. The fourth-order valence-electron chi connectivity index (χ4n) is 2.24. The van der Waals surface area contributed by atoms with Crippen molar-refractivity contribution in [2.24, 2.45) is 5.14 Å². The van der Waals surface area contributed by atoms with Crippen molar-refractivity contribution in [3.05, 3.63) is 12.3 Å². The predicted octanol–water partition coefficient (Wildman–Crippen LogP) is 1.40. The van der Waals surface area contributed by atoms with Gasteiger partial charge in [-0.25, -0.2) is 13.6 Å². The fourth-order valence-corrected chi connectivity index (χ4v) is 2.71. The number of aromatic nitrogens is 2. The topological polar surface area (TPSA) is 96.4 Å². The summed E-state index contributed by atoms with van der Waals surface area (Å²) in [5.41, 5.74) is -0.824. The van der Waals surface area contributed by atoms with Crippen LogP contribution < -0.4 is 5.14 Å². The molecule has 7 nitrogen and oxygen atoms in total. The monoisotopic (exact) mass is 329 g/mol. The number of rotatable bonds is 4. The first kappa shape index (κ1) is 17.5. The van der Waals surface area contributed by atoms with Crippen LogP contribution in [0.3, 0.4) is 0 Å². The Morgan fingerprint density at radius 1 is 1.27 bits per heavy atom. The lowest BCUT2D eigenvalue weighted by Gasteiger charge is -2.32. The molecule has 0 amide bonds. The maximum Gasteiger partial charge on any atom is 0.465 e. The van der Waals surface area contributed by atoms with Crippen LogP contribution in [0.4, 0.5) is 0 Å². The zero-order chi connectivity index (χ0) is 17.0. The highest BCUT2D eigenvalue weighted by atomic mass is 32.2. The van der Waals surface area contributed by atoms with Gasteiger partial charge in [-0.05, 0) is 33.8 Å². The summed E-state index contributed by atoms with van der Waals surface area (Å²) in [7, 11) is -4.21. The van der Waals surface area contributed by atoms with Gasteiger partial charge in [-0.3, -0.25) is 4.68 Å². The smallest absolute Gasteiger partial charge is 0.403 e. The summed E-state index contributed by atoms with van der Waals surface area (Å²) in [6.45, 7) is 12.4. The lowest BCUT2D eigenvalue weighted by molar-refractivity contribution is 0.00578. The molecule has 1 aromatic heterocycles. The number of hydrogen-bond donors (Lipinski definition) is 1. The quantitative estimate of drug-likeness (QED) is 0.842. The molecule has 0 aliphatic carbocycles. The minimum absolute atomic E-state index is 0.141. The molecule has 2 N–H and O–H groups in total. The first-order valence-corrected chi connectivity index (χ1v) is 8.71. The largest absolute Gasteiger partial charge is 0.465 e. The second-order valence-electron chi connectivity index (χ2n) is 7.47. The van der Waals surface area contributed by atoms with Crippen molar-refractivity contribution >= 4 is 17.1 Å². The van der Waals surface area contributed by atoms with Gasteiger partial charge >= 0.3 is 7.12 Å². The molecule has 0 bridgehead atoms. The highest BCUT2D eigenvalue weighted by Gasteiger charge is 2.56. The number of sulfonamides is 1. The third-order valence-corrected chi connectivity index (χ3v) is 5.17. The van der Waals surface area contributed by atoms with Crippen molar-refractivity contribution in [2.75, 3.05) is 0 Å². The fraction of sp³-hybridized carbons (Fsp3) is 0.769. The number of hydrogen-bond acceptors (Lipinski definition) is 5. The van der Waals surface area contributed by atoms with Crippen LogP contribution in [0.2, 0.25) is 5.31 Å². The Balaban J connectivity index is 2.17. The summed E-state index contributed by atoms with van der Waals surface area (Å²) in [5, 5.41) is 8.54. The van der Waals surface area contributed by atoms with Crippen LogP contribution in [0.15, 0.2) is 17.3 Å². The van der Waals surface area contributed by atoms with Gasteiger partial charge in [-0.15, -0.1) is 0 Å². The van der Waals surface area contributed by atoms with E-state index in [1.807, 2.05) is 41.5 Å². The summed E-state index contributed by atoms with van der Waals surface area (Å²) in [6.07, 6.45) is 1.59. The van der Waals surface area contributed by atoms with E-state index in [0.29, 0.717) is 6.54 Å². The van der Waals surface area contributed by atoms with E-state index in [-0.39, 0.29) is 5.03 Å². The molecule has 1 fully saturated rings. The maximum absolute atomic E-state index is 11.3. The van der Waals surface area contributed by atoms with E-state index in [2.05, 4.69) is 5.10 Å². The zero-order valence-electron chi connectivity index (χ0n) is 14.0. The predicted molar refractivity (Wildman–Crippen MR) is 83.7 cm³/mol. The normalized spacial score (nSPS) is 21.3. The second kappa shape index (κ2) is 5.05. The van der Waals surface area contributed by atoms with Gasteiger partial charge in [0.15, 0.2) is 5.03 Å². The van der Waals surface area contributed by atoms with Gasteiger partial charge in [0.25, 0.3) is 10.0 Å². The van der Waals surface area contributed by atoms with E-state index in [4.69, 9.17) is 14.4 Å². The van der Waals surface area contributed by atoms with E-state index >= 15 is 0 Å². The number of nitrogens with zero attached hydrogens (tertiary/aromatic N) is 2. The van der Waals surface area contributed by atoms with Gasteiger partial charge in [0, 0.05) is 18.1 Å². The lowest BCUT2D eigenvalue weighted by Crippen LogP contribution is -2.41. The van der Waals surface area contributed by atoms with Crippen molar-refractivity contribution in [3.8, 4) is 0 Å². The van der Waals surface area contributed by atoms with Gasteiger partial charge in [0.1, 0.15) is 0 Å². The third-order valence-electron chi connectivity index (χ3n) is 4.37. The SMILES string of the molecule is CC(C)(Cn1ccc(S(N)(=O)=O)n1)B1OC(C)(C)C(C)(C)O1. The molecule has 0 saturated carbocycles. The number of nitrogens with two attached hydrogens (primary N) is 1. The molecule has 0 aromatic carbocycles. The van der Waals surface area contributed by atoms with Gasteiger partial charge in [-0.1, -0.05) is 13.8 Å². The molecule has 0 atom stereocenters. The Morgan fingerprint density at radius 2 is 1.77 bits per heavy atom. The standard InChI is InChI=1S/C13H24BN3O4S/c1-11(2,14-20-12(3,4)13(5,6)21-14)9-17-8-7-10(16-17)22(15,18)19/h7-8H,9H2,1-6H3,(H2,15,18,19). The molecule has 2 rings (SSSR count). The van der Waals surface area contributed by atoms with E-state index < -0.39 is 33.7 Å². The van der Waals surface area contributed by atoms with Crippen molar-refractivity contribution < 1.29 is 17.7 Å². The minimum atomic E-state index is -3.79. The van der Waals surface area contributed by atoms with Gasteiger partial charge in [0.05, 0.1) is 11.2 Å². The molecule has 2 heterocycles. The average Bonchev–Trinajstić information content (AvgIpc) is 2.81. The molecule has 0 radical (unpaired) electrons. The van der Waals surface area contributed by atoms with Gasteiger partial charge in [-0.2, -0.15) is 5.10 Å². The summed E-state index contributed by atoms with van der Waals surface area (Å²) in [5.74, 6) is 0. The first-order chi connectivity index (χ1) is 9.75. The van der Waals surface area contributed by atoms with Crippen LogP contribution in [0.1, 0.15) is 41.5 Å². The van der Waals surface area contributed by atoms with Crippen LogP contribution in [0, 0.1) is 0 Å². The summed E-state index contributed by atoms with van der Waals surface area (Å²) < 4.78 is 36.3. The summed E-state index contributed by atoms with van der Waals surface area (Å²) >= 11 is 0. The van der Waals surface area contributed by atoms with E-state index in [1.54, 1.807) is 10.9 Å². The van der Waals surface area contributed by atoms with Crippen molar-refractivity contribution in [1.29, 1.82) is 0 Å². The zero-order valence-corrected chi connectivity index (χ0v) is 14.8. The molecular formula is C13H24BN3O4S. The van der Waals surface area contributed by atoms with Gasteiger partial charge < -0.3 is 9.31 Å². The van der Waals surface area contributed by atoms with E-state index in [9.17, 15) is 8.42 Å². The minimum Gasteiger partial charge on any atom is -0.403 e. The Hall–Kier alpha value is -0.895. The summed E-state index contributed by atoms with van der Waals surface area (Å²) in [6, 6.07) is 1.38. The van der Waals surface area contributed by atoms with Crippen LogP contribution in [-0.4, -0.2) is 36.5 Å². The van der Waals surface area contributed by atoms with Crippen LogP contribution in [-0.2, 0) is 25.9 Å². The van der Waals surface area contributed by atoms with E-state index in [0.717, 1.165) is 0 Å². The van der Waals surface area contributed by atoms with Gasteiger partial charge in [0.2, 0.25) is 0 Å². The molecule has 124 valence electrons. The van der Waals surface area contributed by atoms with Crippen LogP contribution in [0.5, 0.6) is 0 Å². The molecule has 0 unspecified atom stereocenters. The molecule has 1 aromatic rings. The van der Waals surface area contributed by atoms with Crippen LogP contribution >= 0.6 is 0 Å². The molecule has 1 saturated heterocycles. The Morgan fingerprint density at radius 3 is 2.18 bits per heavy atom. The van der Waals surface area contributed by atoms with Crippen molar-refractivity contribution in [2.45, 2.75) is 69.6 Å². The lowest BCUT2D eigenvalue weighted by atomic mass is 9.59. The van der Waals surface area contributed by atoms with Crippen molar-refractivity contribution in [3.63, 3.8) is 0 Å². The van der Waals surface area contributed by atoms with Crippen molar-refractivity contribution in [1.82, 2.24) is 9.78 Å². The molecule has 0 spiro atoms. The molecule has 22 heavy (non-hydrogen) atoms. The Bertz CT molecular complexity index is 651. The Labute approximate surface area is 132 Å². The molecular weight excluding hydrogens is 305 g/mol. The first-order valence-electron chi connectivity index (χ1n) is 7.17. The molecule has 1 aliphatic rings. The van der Waals surface area contributed by atoms with Crippen LogP contribution in [0.25, 0.3) is 0 Å². The highest BCUT2D eigenvalue weighted by molar-refractivity contribution is 7.89. The number of primary sulfonamides is 1. The molecule has 9 heteroatoms. The average molecular weight is 329 g/mol. The molecule has 1 aliphatic heterocycles. The van der Waals surface area contributed by atoms with E-state index in [1.165, 1.54) is 6.07 Å². The maximum atomic E-state index is 11.3. The Kier molecular flexibility index (Phi) is 4.01.